The third-order valence-corrected chi connectivity index (χ3v) is 3.80. The van der Waals surface area contributed by atoms with E-state index < -0.39 is 5.97 Å². The van der Waals surface area contributed by atoms with E-state index in [4.69, 9.17) is 14.6 Å². The second kappa shape index (κ2) is 7.88. The van der Waals surface area contributed by atoms with Crippen molar-refractivity contribution in [2.24, 2.45) is 5.92 Å². The molecule has 0 spiro atoms. The highest BCUT2D eigenvalue weighted by atomic mass is 16.5. The Bertz CT molecular complexity index is 446. The molecular weight excluding hydrogens is 270 g/mol. The molecular formula is C16H23NO4. The third kappa shape index (κ3) is 4.93. The van der Waals surface area contributed by atoms with Crippen molar-refractivity contribution in [1.29, 1.82) is 0 Å². The number of methoxy groups -OCH3 is 1. The minimum atomic E-state index is -0.672. The number of carbonyl (C=O) groups is 1. The molecule has 1 aromatic carbocycles. The lowest BCUT2D eigenvalue weighted by Crippen LogP contribution is -2.39. The number of ether oxygens (including phenoxy) is 2. The van der Waals surface area contributed by atoms with E-state index in [1.807, 2.05) is 24.3 Å². The van der Waals surface area contributed by atoms with Gasteiger partial charge in [-0.1, -0.05) is 0 Å². The molecule has 1 fully saturated rings. The Labute approximate surface area is 125 Å². The summed E-state index contributed by atoms with van der Waals surface area (Å²) in [5, 5.41) is 9.06. The lowest BCUT2D eigenvalue weighted by Gasteiger charge is -2.30. The molecule has 1 heterocycles. The minimum Gasteiger partial charge on any atom is -0.497 e. The average molecular weight is 293 g/mol. The smallest absolute Gasteiger partial charge is 0.307 e. The fraction of sp³-hybridized carbons (Fsp3) is 0.562. The molecule has 1 aliphatic rings. The van der Waals surface area contributed by atoms with Gasteiger partial charge in [0.25, 0.3) is 0 Å². The number of rotatable bonds is 7. The molecule has 21 heavy (non-hydrogen) atoms. The fourth-order valence-corrected chi connectivity index (χ4v) is 2.61. The summed E-state index contributed by atoms with van der Waals surface area (Å²) in [4.78, 5) is 13.2. The van der Waals surface area contributed by atoms with Gasteiger partial charge < -0.3 is 19.5 Å². The third-order valence-electron chi connectivity index (χ3n) is 3.80. The molecule has 1 aromatic rings. The van der Waals surface area contributed by atoms with E-state index in [0.29, 0.717) is 13.2 Å². The van der Waals surface area contributed by atoms with Crippen molar-refractivity contribution in [3.8, 4) is 11.5 Å². The van der Waals surface area contributed by atoms with E-state index in [2.05, 4.69) is 4.90 Å². The van der Waals surface area contributed by atoms with E-state index in [1.54, 1.807) is 7.11 Å². The number of benzene rings is 1. The molecule has 0 saturated carbocycles. The topological polar surface area (TPSA) is 59.0 Å². The minimum absolute atomic E-state index is 0.207. The zero-order valence-corrected chi connectivity index (χ0v) is 12.5. The van der Waals surface area contributed by atoms with Crippen LogP contribution in [0.4, 0.5) is 0 Å². The molecule has 2 rings (SSSR count). The first-order valence-corrected chi connectivity index (χ1v) is 7.41. The van der Waals surface area contributed by atoms with Crippen LogP contribution in [0.25, 0.3) is 0 Å². The highest BCUT2D eigenvalue weighted by Gasteiger charge is 2.24. The van der Waals surface area contributed by atoms with E-state index in [0.717, 1.165) is 43.9 Å². The molecule has 1 atom stereocenters. The van der Waals surface area contributed by atoms with E-state index in [1.165, 1.54) is 0 Å². The van der Waals surface area contributed by atoms with Gasteiger partial charge in [0, 0.05) is 13.1 Å². The van der Waals surface area contributed by atoms with E-state index >= 15 is 0 Å². The second-order valence-corrected chi connectivity index (χ2v) is 5.36. The van der Waals surface area contributed by atoms with Crippen molar-refractivity contribution in [1.82, 2.24) is 4.90 Å². The number of aliphatic carboxylic acids is 1. The number of carboxylic acids is 1. The summed E-state index contributed by atoms with van der Waals surface area (Å²) in [5.74, 6) is 0.767. The monoisotopic (exact) mass is 293 g/mol. The van der Waals surface area contributed by atoms with Gasteiger partial charge in [-0.25, -0.2) is 0 Å². The molecule has 1 unspecified atom stereocenters. The molecule has 1 saturated heterocycles. The largest absolute Gasteiger partial charge is 0.497 e. The van der Waals surface area contributed by atoms with Gasteiger partial charge in [-0.3, -0.25) is 4.79 Å². The normalized spacial score (nSPS) is 19.2. The molecule has 116 valence electrons. The summed E-state index contributed by atoms with van der Waals surface area (Å²) >= 11 is 0. The van der Waals surface area contributed by atoms with Crippen molar-refractivity contribution in [2.75, 3.05) is 33.4 Å². The summed E-state index contributed by atoms with van der Waals surface area (Å²) in [7, 11) is 1.64. The first-order chi connectivity index (χ1) is 10.2. The van der Waals surface area contributed by atoms with E-state index in [-0.39, 0.29) is 5.92 Å². The zero-order chi connectivity index (χ0) is 15.1. The van der Waals surface area contributed by atoms with Crippen LogP contribution < -0.4 is 9.47 Å². The molecule has 0 aliphatic carbocycles. The molecule has 1 aliphatic heterocycles. The van der Waals surface area contributed by atoms with Crippen molar-refractivity contribution in [3.05, 3.63) is 24.3 Å². The number of hydrogen-bond donors (Lipinski definition) is 1. The van der Waals surface area contributed by atoms with Gasteiger partial charge in [-0.05, 0) is 50.1 Å². The predicted octanol–water partition coefficient (Wildman–Crippen LogP) is 2.26. The average Bonchev–Trinajstić information content (AvgIpc) is 2.52. The maximum absolute atomic E-state index is 11.0. The molecule has 0 amide bonds. The van der Waals surface area contributed by atoms with Crippen molar-refractivity contribution in [3.63, 3.8) is 0 Å². The Morgan fingerprint density at radius 3 is 2.71 bits per heavy atom. The number of piperidine rings is 1. The van der Waals surface area contributed by atoms with Gasteiger partial charge in [0.15, 0.2) is 0 Å². The van der Waals surface area contributed by atoms with Gasteiger partial charge in [0.2, 0.25) is 0 Å². The lowest BCUT2D eigenvalue weighted by molar-refractivity contribution is -0.143. The summed E-state index contributed by atoms with van der Waals surface area (Å²) < 4.78 is 10.8. The summed E-state index contributed by atoms with van der Waals surface area (Å²) in [5.41, 5.74) is 0. The predicted molar refractivity (Wildman–Crippen MR) is 79.9 cm³/mol. The van der Waals surface area contributed by atoms with Crippen LogP contribution in [-0.2, 0) is 4.79 Å². The first-order valence-electron chi connectivity index (χ1n) is 7.41. The summed E-state index contributed by atoms with van der Waals surface area (Å²) in [6.45, 7) is 3.19. The number of nitrogens with zero attached hydrogens (tertiary/aromatic N) is 1. The Balaban J connectivity index is 1.65. The van der Waals surface area contributed by atoms with Crippen molar-refractivity contribution >= 4 is 5.97 Å². The van der Waals surface area contributed by atoms with Crippen LogP contribution in [-0.4, -0.2) is 49.3 Å². The van der Waals surface area contributed by atoms with Crippen molar-refractivity contribution in [2.45, 2.75) is 19.3 Å². The Morgan fingerprint density at radius 2 is 2.05 bits per heavy atom. The van der Waals surface area contributed by atoms with Gasteiger partial charge in [-0.2, -0.15) is 0 Å². The van der Waals surface area contributed by atoms with Crippen LogP contribution in [0.2, 0.25) is 0 Å². The standard InChI is InChI=1S/C16H23NO4/c1-20-14-5-7-15(8-6-14)21-11-3-10-17-9-2-4-13(12-17)16(18)19/h5-8,13H,2-4,9-12H2,1H3,(H,18,19). The Morgan fingerprint density at radius 1 is 1.33 bits per heavy atom. The van der Waals surface area contributed by atoms with Crippen molar-refractivity contribution < 1.29 is 19.4 Å². The lowest BCUT2D eigenvalue weighted by atomic mass is 9.98. The maximum Gasteiger partial charge on any atom is 0.307 e. The number of hydrogen-bond acceptors (Lipinski definition) is 4. The molecule has 1 N–H and O–H groups in total. The van der Waals surface area contributed by atoms with Crippen LogP contribution in [0.5, 0.6) is 11.5 Å². The van der Waals surface area contributed by atoms with Gasteiger partial charge in [0.1, 0.15) is 11.5 Å². The first kappa shape index (κ1) is 15.6. The van der Waals surface area contributed by atoms with Crippen LogP contribution in [0.3, 0.4) is 0 Å². The Hall–Kier alpha value is -1.75. The van der Waals surface area contributed by atoms with Gasteiger partial charge in [-0.15, -0.1) is 0 Å². The van der Waals surface area contributed by atoms with E-state index in [9.17, 15) is 4.79 Å². The molecule has 5 heteroatoms. The van der Waals surface area contributed by atoms with Crippen LogP contribution in [0, 0.1) is 5.92 Å². The molecule has 0 aromatic heterocycles. The second-order valence-electron chi connectivity index (χ2n) is 5.36. The molecule has 5 nitrogen and oxygen atoms in total. The quantitative estimate of drug-likeness (QED) is 0.781. The maximum atomic E-state index is 11.0. The highest BCUT2D eigenvalue weighted by Crippen LogP contribution is 2.18. The van der Waals surface area contributed by atoms with Gasteiger partial charge in [0.05, 0.1) is 19.6 Å². The number of carboxylic acid groups (broad SMARTS) is 1. The fourth-order valence-electron chi connectivity index (χ4n) is 2.61. The van der Waals surface area contributed by atoms with Crippen LogP contribution in [0.1, 0.15) is 19.3 Å². The molecule has 0 bridgehead atoms. The highest BCUT2D eigenvalue weighted by molar-refractivity contribution is 5.70. The number of likely N-dealkylation sites (tertiary alicyclic amines) is 1. The summed E-state index contributed by atoms with van der Waals surface area (Å²) in [6, 6.07) is 7.52. The van der Waals surface area contributed by atoms with Gasteiger partial charge >= 0.3 is 5.97 Å². The zero-order valence-electron chi connectivity index (χ0n) is 12.5. The van der Waals surface area contributed by atoms with Crippen LogP contribution in [0.15, 0.2) is 24.3 Å². The SMILES string of the molecule is COc1ccc(OCCCN2CCCC(C(=O)O)C2)cc1. The summed E-state index contributed by atoms with van der Waals surface area (Å²) in [6.07, 6.45) is 2.67. The molecule has 0 radical (unpaired) electrons. The Kier molecular flexibility index (Phi) is 5.87. The van der Waals surface area contributed by atoms with Crippen LogP contribution >= 0.6 is 0 Å².